The number of hydrogen-bond donors (Lipinski definition) is 1. The Morgan fingerprint density at radius 2 is 2.24 bits per heavy atom. The van der Waals surface area contributed by atoms with E-state index in [-0.39, 0.29) is 17.8 Å². The molecule has 0 radical (unpaired) electrons. The maximum atomic E-state index is 12.2. The first-order valence-corrected chi connectivity index (χ1v) is 7.57. The standard InChI is InChI=1S/C16H21NO4/c1-2-19-16(18)13-10-17-7-6-11(13)12-4-3-5-14-15(12)21-9-8-20-14/h3-5,11,13,17H,2,6-10H2,1H3/t11-,13-/m1/s1. The molecule has 2 atom stereocenters. The summed E-state index contributed by atoms with van der Waals surface area (Å²) in [6.07, 6.45) is 0.892. The van der Waals surface area contributed by atoms with Crippen LogP contribution in [0.4, 0.5) is 0 Å². The van der Waals surface area contributed by atoms with E-state index in [1.807, 2.05) is 25.1 Å². The molecule has 2 heterocycles. The first-order valence-electron chi connectivity index (χ1n) is 7.57. The van der Waals surface area contributed by atoms with Crippen LogP contribution < -0.4 is 14.8 Å². The van der Waals surface area contributed by atoms with E-state index in [9.17, 15) is 4.79 Å². The normalized spacial score (nSPS) is 24.4. The summed E-state index contributed by atoms with van der Waals surface area (Å²) in [5.74, 6) is 1.38. The maximum absolute atomic E-state index is 12.2. The molecule has 0 aromatic heterocycles. The fraction of sp³-hybridized carbons (Fsp3) is 0.562. The molecule has 0 amide bonds. The van der Waals surface area contributed by atoms with Gasteiger partial charge in [-0.25, -0.2) is 0 Å². The van der Waals surface area contributed by atoms with E-state index in [4.69, 9.17) is 14.2 Å². The third-order valence-corrected chi connectivity index (χ3v) is 4.07. The van der Waals surface area contributed by atoms with Crippen molar-refractivity contribution in [1.82, 2.24) is 5.32 Å². The summed E-state index contributed by atoms with van der Waals surface area (Å²) >= 11 is 0. The second-order valence-electron chi connectivity index (χ2n) is 5.33. The van der Waals surface area contributed by atoms with Gasteiger partial charge in [0, 0.05) is 18.0 Å². The van der Waals surface area contributed by atoms with Gasteiger partial charge in [0.2, 0.25) is 0 Å². The molecule has 0 spiro atoms. The van der Waals surface area contributed by atoms with Crippen LogP contribution >= 0.6 is 0 Å². The largest absolute Gasteiger partial charge is 0.486 e. The highest BCUT2D eigenvalue weighted by atomic mass is 16.6. The molecular formula is C16H21NO4. The van der Waals surface area contributed by atoms with Crippen molar-refractivity contribution in [2.24, 2.45) is 5.92 Å². The number of rotatable bonds is 3. The molecule has 21 heavy (non-hydrogen) atoms. The van der Waals surface area contributed by atoms with Gasteiger partial charge in [0.05, 0.1) is 12.5 Å². The van der Waals surface area contributed by atoms with Gasteiger partial charge in [-0.2, -0.15) is 0 Å². The SMILES string of the molecule is CCOC(=O)[C@@H]1CNCC[C@@H]1c1cccc2c1OCCO2. The quantitative estimate of drug-likeness (QED) is 0.859. The Bertz CT molecular complexity index is 517. The van der Waals surface area contributed by atoms with Crippen molar-refractivity contribution in [3.8, 4) is 11.5 Å². The van der Waals surface area contributed by atoms with E-state index >= 15 is 0 Å². The zero-order valence-corrected chi connectivity index (χ0v) is 12.3. The Balaban J connectivity index is 1.91. The molecule has 1 N–H and O–H groups in total. The van der Waals surface area contributed by atoms with Crippen LogP contribution in [0.1, 0.15) is 24.8 Å². The number of esters is 1. The number of benzene rings is 1. The van der Waals surface area contributed by atoms with E-state index in [0.717, 1.165) is 30.0 Å². The van der Waals surface area contributed by atoms with Crippen LogP contribution in [0.3, 0.4) is 0 Å². The van der Waals surface area contributed by atoms with Crippen molar-refractivity contribution in [3.63, 3.8) is 0 Å². The molecule has 5 nitrogen and oxygen atoms in total. The van der Waals surface area contributed by atoms with Crippen molar-refractivity contribution in [3.05, 3.63) is 23.8 Å². The second kappa shape index (κ2) is 6.35. The molecule has 2 aliphatic rings. The van der Waals surface area contributed by atoms with E-state index in [0.29, 0.717) is 26.4 Å². The minimum atomic E-state index is -0.171. The Morgan fingerprint density at radius 3 is 3.10 bits per heavy atom. The van der Waals surface area contributed by atoms with E-state index < -0.39 is 0 Å². The van der Waals surface area contributed by atoms with Crippen molar-refractivity contribution in [2.45, 2.75) is 19.3 Å². The summed E-state index contributed by atoms with van der Waals surface area (Å²) in [7, 11) is 0. The monoisotopic (exact) mass is 291 g/mol. The van der Waals surface area contributed by atoms with Crippen LogP contribution in [0.2, 0.25) is 0 Å². The number of carbonyl (C=O) groups is 1. The molecular weight excluding hydrogens is 270 g/mol. The average molecular weight is 291 g/mol. The zero-order valence-electron chi connectivity index (χ0n) is 12.3. The highest BCUT2D eigenvalue weighted by Gasteiger charge is 2.35. The summed E-state index contributed by atoms with van der Waals surface area (Å²) in [6.45, 7) is 4.92. The molecule has 2 aliphatic heterocycles. The third kappa shape index (κ3) is 2.83. The number of piperidine rings is 1. The Morgan fingerprint density at radius 1 is 1.38 bits per heavy atom. The highest BCUT2D eigenvalue weighted by molar-refractivity contribution is 5.74. The number of fused-ring (bicyclic) bond motifs is 1. The molecule has 0 saturated carbocycles. The van der Waals surface area contributed by atoms with Crippen LogP contribution in [0.25, 0.3) is 0 Å². The molecule has 0 bridgehead atoms. The van der Waals surface area contributed by atoms with Crippen LogP contribution in [-0.2, 0) is 9.53 Å². The summed E-state index contributed by atoms with van der Waals surface area (Å²) < 4.78 is 16.7. The lowest BCUT2D eigenvalue weighted by atomic mass is 9.80. The Kier molecular flexibility index (Phi) is 4.29. The summed E-state index contributed by atoms with van der Waals surface area (Å²) in [4.78, 5) is 12.2. The van der Waals surface area contributed by atoms with Crippen molar-refractivity contribution < 1.29 is 19.0 Å². The molecule has 114 valence electrons. The summed E-state index contributed by atoms with van der Waals surface area (Å²) in [5, 5.41) is 3.28. The number of nitrogens with one attached hydrogen (secondary N) is 1. The summed E-state index contributed by atoms with van der Waals surface area (Å²) in [5.41, 5.74) is 1.06. The van der Waals surface area contributed by atoms with Gasteiger partial charge in [-0.05, 0) is 26.0 Å². The van der Waals surface area contributed by atoms with Crippen molar-refractivity contribution >= 4 is 5.97 Å². The lowest BCUT2D eigenvalue weighted by molar-refractivity contribution is -0.149. The molecule has 1 saturated heterocycles. The molecule has 1 aromatic carbocycles. The smallest absolute Gasteiger partial charge is 0.310 e. The number of carbonyl (C=O) groups excluding carboxylic acids is 1. The number of hydrogen-bond acceptors (Lipinski definition) is 5. The van der Waals surface area contributed by atoms with Gasteiger partial charge in [-0.15, -0.1) is 0 Å². The predicted molar refractivity (Wildman–Crippen MR) is 77.8 cm³/mol. The van der Waals surface area contributed by atoms with Gasteiger partial charge in [0.1, 0.15) is 13.2 Å². The van der Waals surface area contributed by atoms with Gasteiger partial charge < -0.3 is 19.5 Å². The predicted octanol–water partition coefficient (Wildman–Crippen LogP) is 1.71. The first-order chi connectivity index (χ1) is 10.3. The average Bonchev–Trinajstić information content (AvgIpc) is 2.54. The van der Waals surface area contributed by atoms with Gasteiger partial charge in [-0.3, -0.25) is 4.79 Å². The summed E-state index contributed by atoms with van der Waals surface area (Å²) in [6, 6.07) is 5.92. The van der Waals surface area contributed by atoms with Gasteiger partial charge in [0.15, 0.2) is 11.5 Å². The molecule has 5 heteroatoms. The highest BCUT2D eigenvalue weighted by Crippen LogP contribution is 2.42. The molecule has 3 rings (SSSR count). The van der Waals surface area contributed by atoms with Crippen LogP contribution in [-0.4, -0.2) is 38.9 Å². The number of para-hydroxylation sites is 1. The van der Waals surface area contributed by atoms with E-state index in [2.05, 4.69) is 5.32 Å². The number of ether oxygens (including phenoxy) is 3. The Hall–Kier alpha value is -1.75. The Labute approximate surface area is 124 Å². The van der Waals surface area contributed by atoms with Crippen molar-refractivity contribution in [2.75, 3.05) is 32.9 Å². The molecule has 0 aliphatic carbocycles. The topological polar surface area (TPSA) is 56.8 Å². The van der Waals surface area contributed by atoms with Crippen LogP contribution in [0.15, 0.2) is 18.2 Å². The maximum Gasteiger partial charge on any atom is 0.310 e. The van der Waals surface area contributed by atoms with Crippen LogP contribution in [0, 0.1) is 5.92 Å². The van der Waals surface area contributed by atoms with Gasteiger partial charge >= 0.3 is 5.97 Å². The zero-order chi connectivity index (χ0) is 14.7. The third-order valence-electron chi connectivity index (χ3n) is 4.07. The first kappa shape index (κ1) is 14.2. The second-order valence-corrected chi connectivity index (χ2v) is 5.33. The van der Waals surface area contributed by atoms with E-state index in [1.54, 1.807) is 0 Å². The van der Waals surface area contributed by atoms with Gasteiger partial charge in [-0.1, -0.05) is 12.1 Å². The fourth-order valence-corrected chi connectivity index (χ4v) is 3.12. The lowest BCUT2D eigenvalue weighted by Crippen LogP contribution is -2.40. The minimum Gasteiger partial charge on any atom is -0.486 e. The lowest BCUT2D eigenvalue weighted by Gasteiger charge is -2.33. The molecule has 0 unspecified atom stereocenters. The fourth-order valence-electron chi connectivity index (χ4n) is 3.12. The van der Waals surface area contributed by atoms with Crippen molar-refractivity contribution in [1.29, 1.82) is 0 Å². The minimum absolute atomic E-state index is 0.113. The molecule has 1 fully saturated rings. The molecule has 1 aromatic rings. The van der Waals surface area contributed by atoms with Gasteiger partial charge in [0.25, 0.3) is 0 Å². The van der Waals surface area contributed by atoms with Crippen LogP contribution in [0.5, 0.6) is 11.5 Å². The van der Waals surface area contributed by atoms with E-state index in [1.165, 1.54) is 0 Å².